The lowest BCUT2D eigenvalue weighted by Gasteiger charge is -2.07. The highest BCUT2D eigenvalue weighted by atomic mass is 35.7. The molecule has 0 fully saturated rings. The molecule has 0 saturated heterocycles. The maximum Gasteiger partial charge on any atom is 0.232 e. The van der Waals surface area contributed by atoms with E-state index in [0.29, 0.717) is 28.8 Å². The normalized spacial score (nSPS) is 11.5. The van der Waals surface area contributed by atoms with Crippen molar-refractivity contribution in [1.29, 1.82) is 0 Å². The minimum absolute atomic E-state index is 0.00746. The van der Waals surface area contributed by atoms with Gasteiger partial charge in [0.05, 0.1) is 17.4 Å². The van der Waals surface area contributed by atoms with E-state index in [-0.39, 0.29) is 5.75 Å². The Morgan fingerprint density at radius 2 is 1.83 bits per heavy atom. The van der Waals surface area contributed by atoms with Gasteiger partial charge in [0.2, 0.25) is 9.05 Å². The Bertz CT molecular complexity index is 488. The molecule has 0 bridgehead atoms. The number of ether oxygens (including phenoxy) is 1. The Labute approximate surface area is 121 Å². The number of benzene rings is 1. The molecule has 0 saturated carbocycles. The minimum atomic E-state index is -3.38. The number of unbranched alkanes of at least 4 members (excludes halogenated alkanes) is 2. The average molecular weight is 332 g/mol. The van der Waals surface area contributed by atoms with Crippen molar-refractivity contribution in [2.45, 2.75) is 19.3 Å². The molecule has 0 aromatic heterocycles. The van der Waals surface area contributed by atoms with Crippen molar-refractivity contribution in [1.82, 2.24) is 0 Å². The van der Waals surface area contributed by atoms with Crippen LogP contribution in [0.5, 0.6) is 5.75 Å². The molecule has 0 unspecified atom stereocenters. The molecule has 1 rings (SSSR count). The highest BCUT2D eigenvalue weighted by molar-refractivity contribution is 8.13. The first-order valence-electron chi connectivity index (χ1n) is 5.39. The van der Waals surface area contributed by atoms with Crippen LogP contribution in [0, 0.1) is 0 Å². The van der Waals surface area contributed by atoms with E-state index in [1.807, 2.05) is 0 Å². The first-order valence-corrected chi connectivity index (χ1v) is 8.62. The third-order valence-electron chi connectivity index (χ3n) is 2.18. The summed E-state index contributed by atoms with van der Waals surface area (Å²) in [4.78, 5) is 0. The molecule has 0 aliphatic carbocycles. The van der Waals surface area contributed by atoms with Gasteiger partial charge >= 0.3 is 0 Å². The lowest BCUT2D eigenvalue weighted by atomic mass is 10.2. The van der Waals surface area contributed by atoms with Crippen molar-refractivity contribution in [3.63, 3.8) is 0 Å². The van der Waals surface area contributed by atoms with Gasteiger partial charge in [0.25, 0.3) is 0 Å². The largest absolute Gasteiger partial charge is 0.492 e. The molecule has 1 aromatic carbocycles. The van der Waals surface area contributed by atoms with Gasteiger partial charge in [-0.3, -0.25) is 0 Å². The number of halogens is 3. The van der Waals surface area contributed by atoms with Gasteiger partial charge in [-0.05, 0) is 31.4 Å². The van der Waals surface area contributed by atoms with Crippen LogP contribution in [0.4, 0.5) is 0 Å². The molecule has 0 radical (unpaired) electrons. The van der Waals surface area contributed by atoms with Gasteiger partial charge in [-0.1, -0.05) is 23.2 Å². The van der Waals surface area contributed by atoms with Crippen LogP contribution >= 0.6 is 33.9 Å². The Balaban J connectivity index is 2.24. The van der Waals surface area contributed by atoms with Crippen LogP contribution in [-0.2, 0) is 9.05 Å². The molecule has 0 N–H and O–H groups in total. The molecule has 0 spiro atoms. The van der Waals surface area contributed by atoms with Crippen LogP contribution in [0.15, 0.2) is 18.2 Å². The fourth-order valence-corrected chi connectivity index (χ4v) is 2.53. The van der Waals surface area contributed by atoms with Crippen molar-refractivity contribution in [2.75, 3.05) is 12.4 Å². The maximum atomic E-state index is 10.7. The van der Waals surface area contributed by atoms with Gasteiger partial charge in [-0.2, -0.15) is 0 Å². The summed E-state index contributed by atoms with van der Waals surface area (Å²) in [5.41, 5.74) is 0. The first-order chi connectivity index (χ1) is 8.38. The van der Waals surface area contributed by atoms with E-state index in [4.69, 9.17) is 38.6 Å². The lowest BCUT2D eigenvalue weighted by molar-refractivity contribution is 0.306. The maximum absolute atomic E-state index is 10.7. The Morgan fingerprint density at radius 3 is 2.50 bits per heavy atom. The van der Waals surface area contributed by atoms with Gasteiger partial charge in [0.1, 0.15) is 5.75 Å². The second kappa shape index (κ2) is 7.43. The molecule has 0 heterocycles. The summed E-state index contributed by atoms with van der Waals surface area (Å²) in [6.07, 6.45) is 1.98. The van der Waals surface area contributed by atoms with E-state index in [9.17, 15) is 8.42 Å². The third-order valence-corrected chi connectivity index (χ3v) is 3.97. The Kier molecular flexibility index (Phi) is 6.57. The zero-order valence-corrected chi connectivity index (χ0v) is 12.6. The molecule has 1 aromatic rings. The van der Waals surface area contributed by atoms with Gasteiger partial charge < -0.3 is 4.74 Å². The van der Waals surface area contributed by atoms with E-state index in [2.05, 4.69) is 0 Å². The second-order valence-corrected chi connectivity index (χ2v) is 7.47. The molecule has 7 heteroatoms. The Hall–Kier alpha value is -0.160. The van der Waals surface area contributed by atoms with Gasteiger partial charge in [-0.15, -0.1) is 0 Å². The highest BCUT2D eigenvalue weighted by Gasteiger charge is 2.05. The molecule has 18 heavy (non-hydrogen) atoms. The SMILES string of the molecule is O=S(=O)(Cl)CCCCCOc1cc(Cl)ccc1Cl. The quantitative estimate of drug-likeness (QED) is 0.558. The van der Waals surface area contributed by atoms with E-state index in [1.165, 1.54) is 0 Å². The van der Waals surface area contributed by atoms with Gasteiger partial charge in [-0.25, -0.2) is 8.42 Å². The average Bonchev–Trinajstić information content (AvgIpc) is 2.26. The summed E-state index contributed by atoms with van der Waals surface area (Å²) in [5, 5.41) is 1.06. The topological polar surface area (TPSA) is 43.4 Å². The van der Waals surface area contributed by atoms with E-state index in [1.54, 1.807) is 18.2 Å². The van der Waals surface area contributed by atoms with Crippen LogP contribution in [0.2, 0.25) is 10.0 Å². The predicted octanol–water partition coefficient (Wildman–Crippen LogP) is 4.11. The number of rotatable bonds is 7. The van der Waals surface area contributed by atoms with Crippen molar-refractivity contribution in [3.05, 3.63) is 28.2 Å². The van der Waals surface area contributed by atoms with Crippen LogP contribution in [0.25, 0.3) is 0 Å². The molecular formula is C11H13Cl3O3S. The molecular weight excluding hydrogens is 319 g/mol. The van der Waals surface area contributed by atoms with E-state index >= 15 is 0 Å². The molecule has 3 nitrogen and oxygen atoms in total. The zero-order chi connectivity index (χ0) is 13.6. The van der Waals surface area contributed by atoms with Crippen LogP contribution < -0.4 is 4.74 Å². The number of hydrogen-bond acceptors (Lipinski definition) is 3. The lowest BCUT2D eigenvalue weighted by Crippen LogP contribution is -2.01. The van der Waals surface area contributed by atoms with Crippen molar-refractivity contribution >= 4 is 42.9 Å². The Morgan fingerprint density at radius 1 is 1.11 bits per heavy atom. The molecule has 102 valence electrons. The van der Waals surface area contributed by atoms with Crippen LogP contribution in [-0.4, -0.2) is 20.8 Å². The van der Waals surface area contributed by atoms with Crippen LogP contribution in [0.1, 0.15) is 19.3 Å². The summed E-state index contributed by atoms with van der Waals surface area (Å²) in [5.74, 6) is 0.529. The number of hydrogen-bond donors (Lipinski definition) is 0. The van der Waals surface area contributed by atoms with Crippen molar-refractivity contribution in [3.8, 4) is 5.75 Å². The fraction of sp³-hybridized carbons (Fsp3) is 0.455. The predicted molar refractivity (Wildman–Crippen MR) is 75.4 cm³/mol. The first kappa shape index (κ1) is 15.9. The summed E-state index contributed by atoms with van der Waals surface area (Å²) in [6, 6.07) is 4.99. The third kappa shape index (κ3) is 6.69. The second-order valence-electron chi connectivity index (χ2n) is 3.73. The fourth-order valence-electron chi connectivity index (χ4n) is 1.32. The molecule has 0 amide bonds. The molecule has 0 aliphatic rings. The summed E-state index contributed by atoms with van der Waals surface area (Å²) >= 11 is 11.7. The summed E-state index contributed by atoms with van der Waals surface area (Å²) < 4.78 is 26.8. The van der Waals surface area contributed by atoms with Gasteiger partial charge in [0, 0.05) is 21.8 Å². The van der Waals surface area contributed by atoms with Gasteiger partial charge in [0.15, 0.2) is 0 Å². The highest BCUT2D eigenvalue weighted by Crippen LogP contribution is 2.27. The zero-order valence-electron chi connectivity index (χ0n) is 9.53. The molecule has 0 aliphatic heterocycles. The monoisotopic (exact) mass is 330 g/mol. The standard InChI is InChI=1S/C11H13Cl3O3S/c12-9-4-5-10(13)11(8-9)17-6-2-1-3-7-18(14,15)16/h4-5,8H,1-3,6-7H2. The molecule has 0 atom stereocenters. The summed E-state index contributed by atoms with van der Waals surface area (Å²) in [7, 11) is 1.71. The summed E-state index contributed by atoms with van der Waals surface area (Å²) in [6.45, 7) is 0.461. The smallest absolute Gasteiger partial charge is 0.232 e. The van der Waals surface area contributed by atoms with E-state index in [0.717, 1.165) is 12.8 Å². The minimum Gasteiger partial charge on any atom is -0.492 e. The van der Waals surface area contributed by atoms with Crippen molar-refractivity contribution < 1.29 is 13.2 Å². The van der Waals surface area contributed by atoms with Crippen LogP contribution in [0.3, 0.4) is 0 Å². The van der Waals surface area contributed by atoms with E-state index < -0.39 is 9.05 Å². The van der Waals surface area contributed by atoms with Crippen molar-refractivity contribution in [2.24, 2.45) is 0 Å².